The van der Waals surface area contributed by atoms with E-state index in [1.54, 1.807) is 18.3 Å². The van der Waals surface area contributed by atoms with Gasteiger partial charge in [0, 0.05) is 43.5 Å². The fourth-order valence-electron chi connectivity index (χ4n) is 3.15. The molecular weight excluding hydrogens is 320 g/mol. The fraction of sp³-hybridized carbons (Fsp3) is 0.471. The molecule has 0 radical (unpaired) electrons. The Hall–Kier alpha value is -2.45. The van der Waals surface area contributed by atoms with Gasteiger partial charge < -0.3 is 25.2 Å². The van der Waals surface area contributed by atoms with Crippen molar-refractivity contribution in [1.82, 2.24) is 19.9 Å². The predicted octanol–water partition coefficient (Wildman–Crippen LogP) is 0.278. The molecule has 3 rings (SSSR count). The summed E-state index contributed by atoms with van der Waals surface area (Å²) in [7, 11) is 4.04. The van der Waals surface area contributed by atoms with E-state index < -0.39 is 0 Å². The fourth-order valence-corrected chi connectivity index (χ4v) is 3.15. The lowest BCUT2D eigenvalue weighted by atomic mass is 10.2. The maximum absolute atomic E-state index is 11.7. The molecule has 1 saturated heterocycles. The number of aliphatic hydroxyl groups excluding tert-OH is 1. The Morgan fingerprint density at radius 3 is 3.04 bits per heavy atom. The Bertz CT molecular complexity index is 763. The van der Waals surface area contributed by atoms with Crippen molar-refractivity contribution >= 4 is 11.6 Å². The average molecular weight is 344 g/mol. The number of nitrogens with zero attached hydrogens (tertiary/aromatic N) is 4. The van der Waals surface area contributed by atoms with Gasteiger partial charge in [0.1, 0.15) is 18.0 Å². The van der Waals surface area contributed by atoms with Gasteiger partial charge >= 0.3 is 0 Å². The number of aliphatic hydroxyl groups is 1. The highest BCUT2D eigenvalue weighted by Gasteiger charge is 2.32. The van der Waals surface area contributed by atoms with E-state index >= 15 is 0 Å². The van der Waals surface area contributed by atoms with Gasteiger partial charge in [-0.25, -0.2) is 9.97 Å². The van der Waals surface area contributed by atoms with Gasteiger partial charge in [0.05, 0.1) is 6.10 Å². The number of nitrogens with one attached hydrogen (secondary N) is 2. The molecule has 0 aromatic carbocycles. The van der Waals surface area contributed by atoms with E-state index in [-0.39, 0.29) is 17.7 Å². The molecule has 25 heavy (non-hydrogen) atoms. The first-order valence-electron chi connectivity index (χ1n) is 8.35. The lowest BCUT2D eigenvalue weighted by Crippen LogP contribution is -2.38. The molecule has 3 heterocycles. The summed E-state index contributed by atoms with van der Waals surface area (Å²) < 4.78 is 0. The Balaban J connectivity index is 1.72. The zero-order valence-corrected chi connectivity index (χ0v) is 14.5. The maximum Gasteiger partial charge on any atom is 0.252 e. The van der Waals surface area contributed by atoms with Crippen LogP contribution in [-0.4, -0.2) is 64.3 Å². The molecule has 0 amide bonds. The SMILES string of the molecule is CN(C)C[C@H]1C[C@@H](O)CN1c1cc(NCc2ccc[nH]c2=O)ncn1. The van der Waals surface area contributed by atoms with Crippen molar-refractivity contribution in [2.24, 2.45) is 0 Å². The summed E-state index contributed by atoms with van der Waals surface area (Å²) >= 11 is 0. The molecule has 1 aliphatic rings. The van der Waals surface area contributed by atoms with E-state index in [9.17, 15) is 9.90 Å². The monoisotopic (exact) mass is 344 g/mol. The van der Waals surface area contributed by atoms with Gasteiger partial charge in [0.15, 0.2) is 0 Å². The quantitative estimate of drug-likeness (QED) is 0.692. The average Bonchev–Trinajstić information content (AvgIpc) is 2.94. The molecule has 1 aliphatic heterocycles. The van der Waals surface area contributed by atoms with Crippen LogP contribution in [0.2, 0.25) is 0 Å². The van der Waals surface area contributed by atoms with Crippen molar-refractivity contribution in [2.75, 3.05) is 37.4 Å². The summed E-state index contributed by atoms with van der Waals surface area (Å²) in [4.78, 5) is 27.2. The van der Waals surface area contributed by atoms with Crippen LogP contribution >= 0.6 is 0 Å². The molecule has 2 aromatic rings. The van der Waals surface area contributed by atoms with Crippen molar-refractivity contribution in [1.29, 1.82) is 0 Å². The van der Waals surface area contributed by atoms with Crippen LogP contribution in [0.3, 0.4) is 0 Å². The van der Waals surface area contributed by atoms with E-state index in [1.165, 1.54) is 6.33 Å². The number of β-amino-alcohol motifs (C(OH)–C–C–N with tert-alkyl or cyclic N) is 1. The van der Waals surface area contributed by atoms with Crippen molar-refractivity contribution in [3.8, 4) is 0 Å². The summed E-state index contributed by atoms with van der Waals surface area (Å²) in [6.45, 7) is 1.80. The van der Waals surface area contributed by atoms with Crippen molar-refractivity contribution < 1.29 is 5.11 Å². The highest BCUT2D eigenvalue weighted by molar-refractivity contribution is 5.50. The molecule has 3 N–H and O–H groups in total. The summed E-state index contributed by atoms with van der Waals surface area (Å²) in [6, 6.07) is 5.64. The Labute approximate surface area is 146 Å². The minimum Gasteiger partial charge on any atom is -0.391 e. The van der Waals surface area contributed by atoms with Crippen LogP contribution in [0.25, 0.3) is 0 Å². The van der Waals surface area contributed by atoms with Gasteiger partial charge in [0.25, 0.3) is 5.56 Å². The molecule has 8 nitrogen and oxygen atoms in total. The molecule has 0 saturated carbocycles. The molecule has 0 unspecified atom stereocenters. The lowest BCUT2D eigenvalue weighted by Gasteiger charge is -2.27. The highest BCUT2D eigenvalue weighted by Crippen LogP contribution is 2.25. The molecule has 0 bridgehead atoms. The van der Waals surface area contributed by atoms with Crippen LogP contribution in [0.5, 0.6) is 0 Å². The Morgan fingerprint density at radius 2 is 2.28 bits per heavy atom. The third-order valence-electron chi connectivity index (χ3n) is 4.27. The van der Waals surface area contributed by atoms with Crippen LogP contribution < -0.4 is 15.8 Å². The predicted molar refractivity (Wildman–Crippen MR) is 96.7 cm³/mol. The third-order valence-corrected chi connectivity index (χ3v) is 4.27. The zero-order valence-electron chi connectivity index (χ0n) is 14.5. The number of hydrogen-bond acceptors (Lipinski definition) is 7. The van der Waals surface area contributed by atoms with Crippen LogP contribution in [0, 0.1) is 0 Å². The zero-order chi connectivity index (χ0) is 17.8. The van der Waals surface area contributed by atoms with Gasteiger partial charge in [-0.05, 0) is 26.6 Å². The van der Waals surface area contributed by atoms with Crippen LogP contribution in [0.15, 0.2) is 35.5 Å². The highest BCUT2D eigenvalue weighted by atomic mass is 16.3. The molecule has 1 fully saturated rings. The first-order valence-corrected chi connectivity index (χ1v) is 8.35. The van der Waals surface area contributed by atoms with Crippen molar-refractivity contribution in [3.05, 3.63) is 46.6 Å². The number of H-pyrrole nitrogens is 1. The number of rotatable bonds is 6. The number of likely N-dealkylation sites (N-methyl/N-ethyl adjacent to an activating group) is 1. The van der Waals surface area contributed by atoms with Gasteiger partial charge in [0.2, 0.25) is 0 Å². The summed E-state index contributed by atoms with van der Waals surface area (Å²) in [5, 5.41) is 13.2. The van der Waals surface area contributed by atoms with Crippen molar-refractivity contribution in [3.63, 3.8) is 0 Å². The number of aromatic nitrogens is 3. The number of aromatic amines is 1. The summed E-state index contributed by atoms with van der Waals surface area (Å²) in [6.07, 6.45) is 3.49. The minimum atomic E-state index is -0.348. The second-order valence-corrected chi connectivity index (χ2v) is 6.60. The molecule has 0 spiro atoms. The topological polar surface area (TPSA) is 97.4 Å². The van der Waals surface area contributed by atoms with E-state index in [4.69, 9.17) is 0 Å². The maximum atomic E-state index is 11.7. The molecule has 2 aromatic heterocycles. The molecular formula is C17H24N6O2. The Kier molecular flexibility index (Phi) is 5.30. The minimum absolute atomic E-state index is 0.113. The summed E-state index contributed by atoms with van der Waals surface area (Å²) in [5.41, 5.74) is 0.530. The second-order valence-electron chi connectivity index (χ2n) is 6.60. The van der Waals surface area contributed by atoms with Gasteiger partial charge in [-0.1, -0.05) is 6.07 Å². The molecule has 8 heteroatoms. The smallest absolute Gasteiger partial charge is 0.252 e. The first kappa shape index (κ1) is 17.4. The lowest BCUT2D eigenvalue weighted by molar-refractivity contribution is 0.191. The van der Waals surface area contributed by atoms with Crippen molar-refractivity contribution in [2.45, 2.75) is 25.1 Å². The third kappa shape index (κ3) is 4.34. The largest absolute Gasteiger partial charge is 0.391 e. The molecule has 0 aliphatic carbocycles. The van der Waals surface area contributed by atoms with Gasteiger partial charge in [-0.2, -0.15) is 0 Å². The van der Waals surface area contributed by atoms with Gasteiger partial charge in [-0.15, -0.1) is 0 Å². The van der Waals surface area contributed by atoms with E-state index in [1.807, 2.05) is 20.2 Å². The normalized spacial score (nSPS) is 20.2. The van der Waals surface area contributed by atoms with E-state index in [0.29, 0.717) is 24.5 Å². The van der Waals surface area contributed by atoms with Crippen LogP contribution in [0.1, 0.15) is 12.0 Å². The van der Waals surface area contributed by atoms with Crippen LogP contribution in [-0.2, 0) is 6.54 Å². The molecule has 134 valence electrons. The van der Waals surface area contributed by atoms with E-state index in [0.717, 1.165) is 18.8 Å². The van der Waals surface area contributed by atoms with Gasteiger partial charge in [-0.3, -0.25) is 4.79 Å². The van der Waals surface area contributed by atoms with E-state index in [2.05, 4.69) is 30.1 Å². The first-order chi connectivity index (χ1) is 12.0. The standard InChI is InChI=1S/C17H24N6O2/c1-22(2)9-13-6-14(24)10-23(13)16-7-15(20-11-21-16)19-8-12-4-3-5-18-17(12)25/h3-5,7,11,13-14,24H,6,8-10H2,1-2H3,(H,18,25)(H,19,20,21)/t13-,14-/m1/s1. The second kappa shape index (κ2) is 7.62. The molecule has 2 atom stereocenters. The number of hydrogen-bond donors (Lipinski definition) is 3. The number of pyridine rings is 1. The summed E-state index contributed by atoms with van der Waals surface area (Å²) in [5.74, 6) is 1.43. The Morgan fingerprint density at radius 1 is 1.44 bits per heavy atom. The van der Waals surface area contributed by atoms with Crippen LogP contribution in [0.4, 0.5) is 11.6 Å². The number of anilines is 2.